The maximum absolute atomic E-state index is 13.4. The predicted molar refractivity (Wildman–Crippen MR) is 62.5 cm³/mol. The summed E-state index contributed by atoms with van der Waals surface area (Å²) in [6.07, 6.45) is -0.205. The van der Waals surface area contributed by atoms with Gasteiger partial charge >= 0.3 is 0 Å². The molecule has 1 aromatic carbocycles. The third kappa shape index (κ3) is 2.94. The van der Waals surface area contributed by atoms with Crippen LogP contribution in [0, 0.1) is 5.82 Å². The van der Waals surface area contributed by atoms with Crippen LogP contribution >= 0.6 is 11.6 Å². The van der Waals surface area contributed by atoms with Gasteiger partial charge in [0.15, 0.2) is 0 Å². The summed E-state index contributed by atoms with van der Waals surface area (Å²) < 4.78 is 13.4. The van der Waals surface area contributed by atoms with Crippen LogP contribution < -0.4 is 10.6 Å². The minimum Gasteiger partial charge on any atom is -0.392 e. The second kappa shape index (κ2) is 5.00. The zero-order valence-electron chi connectivity index (χ0n) is 8.91. The van der Waals surface area contributed by atoms with Crippen molar-refractivity contribution in [2.75, 3.05) is 11.9 Å². The average Bonchev–Trinajstić information content (AvgIpc) is 2.70. The highest BCUT2D eigenvalue weighted by Crippen LogP contribution is 2.20. The lowest BCUT2D eigenvalue weighted by Crippen LogP contribution is -2.35. The largest absolute Gasteiger partial charge is 0.392 e. The topological polar surface area (TPSA) is 61.4 Å². The minimum atomic E-state index is -0.540. The Hall–Kier alpha value is -1.17. The molecule has 2 unspecified atom stereocenters. The third-order valence-corrected chi connectivity index (χ3v) is 2.85. The molecule has 4 nitrogen and oxygen atoms in total. The second-order valence-corrected chi connectivity index (χ2v) is 4.40. The third-order valence-electron chi connectivity index (χ3n) is 2.61. The molecule has 1 heterocycles. The van der Waals surface area contributed by atoms with E-state index in [2.05, 4.69) is 10.6 Å². The maximum Gasteiger partial charge on any atom is 0.241 e. The first-order valence-electron chi connectivity index (χ1n) is 5.23. The van der Waals surface area contributed by atoms with E-state index in [9.17, 15) is 14.3 Å². The first-order chi connectivity index (χ1) is 8.06. The van der Waals surface area contributed by atoms with Crippen LogP contribution in [0.15, 0.2) is 18.2 Å². The maximum atomic E-state index is 13.4. The lowest BCUT2D eigenvalue weighted by Gasteiger charge is -2.11. The molecule has 3 N–H and O–H groups in total. The Morgan fingerprint density at radius 1 is 1.59 bits per heavy atom. The fourth-order valence-electron chi connectivity index (χ4n) is 1.73. The molecule has 2 atom stereocenters. The summed E-state index contributed by atoms with van der Waals surface area (Å²) >= 11 is 5.71. The lowest BCUT2D eigenvalue weighted by atomic mass is 10.2. The number of hydrogen-bond acceptors (Lipinski definition) is 3. The van der Waals surface area contributed by atoms with Crippen molar-refractivity contribution in [2.45, 2.75) is 18.6 Å². The minimum absolute atomic E-state index is 0.0469. The number of anilines is 1. The van der Waals surface area contributed by atoms with Crippen LogP contribution in [0.4, 0.5) is 10.1 Å². The van der Waals surface area contributed by atoms with Crippen molar-refractivity contribution < 1.29 is 14.3 Å². The second-order valence-electron chi connectivity index (χ2n) is 3.96. The summed E-state index contributed by atoms with van der Waals surface area (Å²) in [6, 6.07) is 3.45. The van der Waals surface area contributed by atoms with Gasteiger partial charge in [-0.1, -0.05) is 11.6 Å². The van der Waals surface area contributed by atoms with Crippen LogP contribution in [0.2, 0.25) is 5.02 Å². The highest BCUT2D eigenvalue weighted by molar-refractivity contribution is 6.30. The van der Waals surface area contributed by atoms with Crippen molar-refractivity contribution >= 4 is 23.2 Å². The molecule has 1 amide bonds. The predicted octanol–water partition coefficient (Wildman–Crippen LogP) is 1.14. The van der Waals surface area contributed by atoms with Crippen molar-refractivity contribution in [2.24, 2.45) is 0 Å². The molecule has 0 spiro atoms. The molecule has 0 radical (unpaired) electrons. The number of aliphatic hydroxyl groups excluding tert-OH is 1. The van der Waals surface area contributed by atoms with E-state index in [1.807, 2.05) is 0 Å². The zero-order chi connectivity index (χ0) is 12.4. The Morgan fingerprint density at radius 3 is 3.00 bits per heavy atom. The van der Waals surface area contributed by atoms with E-state index in [0.29, 0.717) is 18.0 Å². The van der Waals surface area contributed by atoms with Gasteiger partial charge in [-0.25, -0.2) is 4.39 Å². The van der Waals surface area contributed by atoms with Gasteiger partial charge in [0.2, 0.25) is 5.91 Å². The Bertz CT molecular complexity index is 441. The number of amides is 1. The smallest absolute Gasteiger partial charge is 0.241 e. The van der Waals surface area contributed by atoms with Crippen molar-refractivity contribution in [3.63, 3.8) is 0 Å². The number of benzene rings is 1. The highest BCUT2D eigenvalue weighted by Gasteiger charge is 2.28. The van der Waals surface area contributed by atoms with Gasteiger partial charge in [0.25, 0.3) is 0 Å². The van der Waals surface area contributed by atoms with Crippen LogP contribution in [0.3, 0.4) is 0 Å². The van der Waals surface area contributed by atoms with Crippen LogP contribution in [-0.2, 0) is 4.79 Å². The van der Waals surface area contributed by atoms with Gasteiger partial charge in [-0.2, -0.15) is 0 Å². The number of aliphatic hydroxyl groups is 1. The Kier molecular flexibility index (Phi) is 3.61. The lowest BCUT2D eigenvalue weighted by molar-refractivity contribution is -0.118. The molecule has 0 aliphatic carbocycles. The summed E-state index contributed by atoms with van der Waals surface area (Å²) in [5.41, 5.74) is 0.0469. The van der Waals surface area contributed by atoms with Crippen LogP contribution in [0.5, 0.6) is 0 Å². The van der Waals surface area contributed by atoms with Crippen molar-refractivity contribution in [1.82, 2.24) is 5.32 Å². The highest BCUT2D eigenvalue weighted by atomic mass is 35.5. The van der Waals surface area contributed by atoms with Gasteiger partial charge in [0.05, 0.1) is 17.8 Å². The molecule has 1 aliphatic heterocycles. The molecule has 0 bridgehead atoms. The van der Waals surface area contributed by atoms with Gasteiger partial charge in [0, 0.05) is 11.6 Å². The SMILES string of the molecule is O=C(Nc1cc(Cl)ccc1F)C1CC(O)CN1. The van der Waals surface area contributed by atoms with E-state index in [1.54, 1.807) is 0 Å². The number of carbonyl (C=O) groups is 1. The number of carbonyl (C=O) groups excluding carboxylic acids is 1. The van der Waals surface area contributed by atoms with Gasteiger partial charge in [0.1, 0.15) is 5.82 Å². The van der Waals surface area contributed by atoms with E-state index >= 15 is 0 Å². The van der Waals surface area contributed by atoms with E-state index < -0.39 is 18.0 Å². The Labute approximate surface area is 103 Å². The van der Waals surface area contributed by atoms with Gasteiger partial charge in [-0.15, -0.1) is 0 Å². The molecule has 0 saturated carbocycles. The quantitative estimate of drug-likeness (QED) is 0.746. The molecule has 17 heavy (non-hydrogen) atoms. The van der Waals surface area contributed by atoms with E-state index in [1.165, 1.54) is 18.2 Å². The van der Waals surface area contributed by atoms with Gasteiger partial charge < -0.3 is 15.7 Å². The number of rotatable bonds is 2. The van der Waals surface area contributed by atoms with E-state index in [-0.39, 0.29) is 11.6 Å². The standard InChI is InChI=1S/C11H12ClFN2O2/c12-6-1-2-8(13)9(3-6)15-11(17)10-4-7(16)5-14-10/h1-3,7,10,14,16H,4-5H2,(H,15,17). The normalized spacial score (nSPS) is 23.7. The average molecular weight is 259 g/mol. The summed E-state index contributed by atoms with van der Waals surface area (Å²) in [6.45, 7) is 0.371. The Balaban J connectivity index is 2.05. The molecule has 2 rings (SSSR count). The summed E-state index contributed by atoms with van der Waals surface area (Å²) in [5.74, 6) is -0.913. The molecule has 1 aromatic rings. The summed E-state index contributed by atoms with van der Waals surface area (Å²) in [4.78, 5) is 11.7. The molecule has 6 heteroatoms. The summed E-state index contributed by atoms with van der Waals surface area (Å²) in [7, 11) is 0. The monoisotopic (exact) mass is 258 g/mol. The van der Waals surface area contributed by atoms with Crippen LogP contribution in [-0.4, -0.2) is 29.7 Å². The molecule has 1 saturated heterocycles. The van der Waals surface area contributed by atoms with E-state index in [4.69, 9.17) is 11.6 Å². The molecular weight excluding hydrogens is 247 g/mol. The fraction of sp³-hybridized carbons (Fsp3) is 0.364. The molecule has 92 valence electrons. The first kappa shape index (κ1) is 12.3. The number of nitrogens with one attached hydrogen (secondary N) is 2. The zero-order valence-corrected chi connectivity index (χ0v) is 9.67. The molecular formula is C11H12ClFN2O2. The number of hydrogen-bond donors (Lipinski definition) is 3. The number of β-amino-alcohol motifs (C(OH)–C–C–N with tert-alkyl or cyclic N) is 1. The molecule has 1 fully saturated rings. The fourth-order valence-corrected chi connectivity index (χ4v) is 1.90. The Morgan fingerprint density at radius 2 is 2.35 bits per heavy atom. The van der Waals surface area contributed by atoms with Crippen LogP contribution in [0.25, 0.3) is 0 Å². The van der Waals surface area contributed by atoms with Crippen molar-refractivity contribution in [3.8, 4) is 0 Å². The number of halogens is 2. The molecule has 1 aliphatic rings. The van der Waals surface area contributed by atoms with Crippen molar-refractivity contribution in [1.29, 1.82) is 0 Å². The molecule has 0 aromatic heterocycles. The van der Waals surface area contributed by atoms with Crippen molar-refractivity contribution in [3.05, 3.63) is 29.0 Å². The summed E-state index contributed by atoms with van der Waals surface area (Å²) in [5, 5.41) is 14.9. The first-order valence-corrected chi connectivity index (χ1v) is 5.61. The van der Waals surface area contributed by atoms with E-state index in [0.717, 1.165) is 0 Å². The van der Waals surface area contributed by atoms with Gasteiger partial charge in [-0.05, 0) is 24.6 Å². The van der Waals surface area contributed by atoms with Crippen LogP contribution in [0.1, 0.15) is 6.42 Å². The van der Waals surface area contributed by atoms with Gasteiger partial charge in [-0.3, -0.25) is 4.79 Å².